The minimum Gasteiger partial charge on any atom is -0.497 e. The summed E-state index contributed by atoms with van der Waals surface area (Å²) >= 11 is 0. The van der Waals surface area contributed by atoms with Crippen LogP contribution in [0, 0.1) is 6.92 Å². The Balaban J connectivity index is 1.85. The van der Waals surface area contributed by atoms with Gasteiger partial charge in [0, 0.05) is 43.3 Å². The molecule has 0 aliphatic carbocycles. The second kappa shape index (κ2) is 16.4. The van der Waals surface area contributed by atoms with E-state index >= 15 is 0 Å². The highest BCUT2D eigenvalue weighted by Gasteiger charge is 2.25. The van der Waals surface area contributed by atoms with Gasteiger partial charge in [0.2, 0.25) is 5.91 Å². The largest absolute Gasteiger partial charge is 0.497 e. The van der Waals surface area contributed by atoms with E-state index in [2.05, 4.69) is 5.32 Å². The summed E-state index contributed by atoms with van der Waals surface area (Å²) in [4.78, 5) is 40.7. The van der Waals surface area contributed by atoms with Crippen molar-refractivity contribution in [3.8, 4) is 5.75 Å². The number of esters is 1. The maximum Gasteiger partial charge on any atom is 0.338 e. The third-order valence-corrected chi connectivity index (χ3v) is 7.11. The SMILES string of the molecule is CCCN(CCC)C(=O)c1cc(C(N)=O)cc(C(=O)OC(CNCc2cccc(OC)c2)C(N)Cc2ccc(C)cc2)c1. The summed E-state index contributed by atoms with van der Waals surface area (Å²) in [6, 6.07) is 19.4. The second-order valence-electron chi connectivity index (χ2n) is 10.7. The third kappa shape index (κ3) is 9.94. The molecule has 9 nitrogen and oxygen atoms in total. The quantitative estimate of drug-likeness (QED) is 0.213. The fourth-order valence-corrected chi connectivity index (χ4v) is 4.80. The van der Waals surface area contributed by atoms with Crippen LogP contribution >= 0.6 is 0 Å². The number of benzene rings is 3. The molecule has 3 aromatic rings. The lowest BCUT2D eigenvalue weighted by Gasteiger charge is -2.25. The summed E-state index contributed by atoms with van der Waals surface area (Å²) < 4.78 is 11.3. The first-order valence-corrected chi connectivity index (χ1v) is 14.7. The van der Waals surface area contributed by atoms with Crippen LogP contribution in [0.15, 0.2) is 66.7 Å². The molecule has 5 N–H and O–H groups in total. The van der Waals surface area contributed by atoms with E-state index in [1.807, 2.05) is 69.3 Å². The van der Waals surface area contributed by atoms with Gasteiger partial charge in [0.1, 0.15) is 11.9 Å². The number of carbonyl (C=O) groups is 3. The van der Waals surface area contributed by atoms with E-state index in [4.69, 9.17) is 20.9 Å². The smallest absolute Gasteiger partial charge is 0.338 e. The average molecular weight is 589 g/mol. The molecule has 0 saturated carbocycles. The molecule has 43 heavy (non-hydrogen) atoms. The van der Waals surface area contributed by atoms with Crippen LogP contribution in [-0.4, -0.2) is 61.6 Å². The standard InChI is InChI=1S/C34H44N4O5/c1-5-14-38(15-6-2)33(40)27-18-26(32(36)39)19-28(20-27)34(41)43-31(30(35)17-24-12-10-23(3)11-13-24)22-37-21-25-8-7-9-29(16-25)42-4/h7-13,16,18-20,30-31,37H,5-6,14-15,17,21-22,35H2,1-4H3,(H2,36,39). The molecular weight excluding hydrogens is 544 g/mol. The molecule has 0 radical (unpaired) electrons. The number of hydrogen-bond acceptors (Lipinski definition) is 7. The van der Waals surface area contributed by atoms with Gasteiger partial charge in [0.15, 0.2) is 0 Å². The second-order valence-corrected chi connectivity index (χ2v) is 10.7. The average Bonchev–Trinajstić information content (AvgIpc) is 3.00. The lowest BCUT2D eigenvalue weighted by molar-refractivity contribution is 0.0238. The Bertz CT molecular complexity index is 1370. The lowest BCUT2D eigenvalue weighted by Crippen LogP contribution is -2.46. The first-order chi connectivity index (χ1) is 20.6. The van der Waals surface area contributed by atoms with Crippen LogP contribution in [-0.2, 0) is 17.7 Å². The highest BCUT2D eigenvalue weighted by Crippen LogP contribution is 2.18. The number of rotatable bonds is 16. The van der Waals surface area contributed by atoms with Crippen molar-refractivity contribution < 1.29 is 23.9 Å². The van der Waals surface area contributed by atoms with E-state index in [1.165, 1.54) is 18.2 Å². The summed E-state index contributed by atoms with van der Waals surface area (Å²) in [5, 5.41) is 3.34. The number of hydrogen-bond donors (Lipinski definition) is 3. The van der Waals surface area contributed by atoms with Crippen molar-refractivity contribution >= 4 is 17.8 Å². The lowest BCUT2D eigenvalue weighted by atomic mass is 10.0. The topological polar surface area (TPSA) is 137 Å². The molecule has 2 atom stereocenters. The van der Waals surface area contributed by atoms with Crippen LogP contribution in [0.2, 0.25) is 0 Å². The van der Waals surface area contributed by atoms with Gasteiger partial charge in [-0.1, -0.05) is 55.8 Å². The Labute approximate surface area is 254 Å². The fourth-order valence-electron chi connectivity index (χ4n) is 4.80. The Morgan fingerprint density at radius 2 is 1.53 bits per heavy atom. The zero-order chi connectivity index (χ0) is 31.4. The molecule has 0 fully saturated rings. The Kier molecular flexibility index (Phi) is 12.7. The highest BCUT2D eigenvalue weighted by atomic mass is 16.5. The number of primary amides is 1. The van der Waals surface area contributed by atoms with E-state index in [9.17, 15) is 14.4 Å². The Morgan fingerprint density at radius 3 is 2.16 bits per heavy atom. The number of nitrogens with one attached hydrogen (secondary N) is 1. The molecule has 0 saturated heterocycles. The van der Waals surface area contributed by atoms with Gasteiger partial charge in [0.05, 0.1) is 12.7 Å². The number of amides is 2. The Hall–Kier alpha value is -4.21. The number of nitrogens with two attached hydrogens (primary N) is 2. The first-order valence-electron chi connectivity index (χ1n) is 14.7. The predicted molar refractivity (Wildman–Crippen MR) is 168 cm³/mol. The van der Waals surface area contributed by atoms with Gasteiger partial charge >= 0.3 is 5.97 Å². The first kappa shape index (κ1) is 33.3. The normalized spacial score (nSPS) is 12.3. The highest BCUT2D eigenvalue weighted by molar-refractivity contribution is 6.03. The maximum absolute atomic E-state index is 13.5. The van der Waals surface area contributed by atoms with Gasteiger partial charge in [-0.25, -0.2) is 4.79 Å². The van der Waals surface area contributed by atoms with E-state index in [0.717, 1.165) is 35.3 Å². The number of nitrogens with zero attached hydrogens (tertiary/aromatic N) is 1. The van der Waals surface area contributed by atoms with Crippen molar-refractivity contribution in [3.63, 3.8) is 0 Å². The van der Waals surface area contributed by atoms with Crippen LogP contribution in [0.25, 0.3) is 0 Å². The number of aryl methyl sites for hydroxylation is 1. The molecule has 0 heterocycles. The number of ether oxygens (including phenoxy) is 2. The monoisotopic (exact) mass is 588 g/mol. The number of carbonyl (C=O) groups excluding carboxylic acids is 3. The summed E-state index contributed by atoms with van der Waals surface area (Å²) in [6.07, 6.45) is 1.32. The zero-order valence-corrected chi connectivity index (χ0v) is 25.6. The maximum atomic E-state index is 13.5. The molecule has 3 aromatic carbocycles. The summed E-state index contributed by atoms with van der Waals surface area (Å²) in [5.41, 5.74) is 15.7. The predicted octanol–water partition coefficient (Wildman–Crippen LogP) is 4.25. The van der Waals surface area contributed by atoms with Crippen molar-refractivity contribution in [3.05, 3.63) is 100 Å². The van der Waals surface area contributed by atoms with Crippen LogP contribution in [0.3, 0.4) is 0 Å². The van der Waals surface area contributed by atoms with Crippen LogP contribution in [0.1, 0.15) is 74.5 Å². The van der Waals surface area contributed by atoms with Crippen molar-refractivity contribution in [1.29, 1.82) is 0 Å². The van der Waals surface area contributed by atoms with Crippen molar-refractivity contribution in [2.45, 2.75) is 58.7 Å². The van der Waals surface area contributed by atoms with Crippen LogP contribution < -0.4 is 21.5 Å². The van der Waals surface area contributed by atoms with Gasteiger partial charge in [-0.15, -0.1) is 0 Å². The molecule has 0 aliphatic heterocycles. The molecule has 0 aromatic heterocycles. The molecule has 0 bridgehead atoms. The van der Waals surface area contributed by atoms with E-state index < -0.39 is 24.0 Å². The minimum atomic E-state index is -0.742. The van der Waals surface area contributed by atoms with E-state index in [-0.39, 0.29) is 29.1 Å². The van der Waals surface area contributed by atoms with Gasteiger partial charge in [-0.3, -0.25) is 9.59 Å². The summed E-state index contributed by atoms with van der Waals surface area (Å²) in [5.74, 6) is -0.959. The van der Waals surface area contributed by atoms with Crippen molar-refractivity contribution in [2.75, 3.05) is 26.7 Å². The van der Waals surface area contributed by atoms with E-state index in [0.29, 0.717) is 26.1 Å². The molecule has 3 rings (SSSR count). The van der Waals surface area contributed by atoms with E-state index in [1.54, 1.807) is 12.0 Å². The fraction of sp³-hybridized carbons (Fsp3) is 0.382. The minimum absolute atomic E-state index is 0.0578. The van der Waals surface area contributed by atoms with Gasteiger partial charge in [-0.05, 0) is 67.6 Å². The molecule has 230 valence electrons. The van der Waals surface area contributed by atoms with Gasteiger partial charge < -0.3 is 31.2 Å². The van der Waals surface area contributed by atoms with Crippen molar-refractivity contribution in [2.24, 2.45) is 11.5 Å². The van der Waals surface area contributed by atoms with Gasteiger partial charge in [-0.2, -0.15) is 0 Å². The van der Waals surface area contributed by atoms with Crippen LogP contribution in [0.5, 0.6) is 5.75 Å². The molecular formula is C34H44N4O5. The third-order valence-electron chi connectivity index (χ3n) is 7.11. The molecule has 2 unspecified atom stereocenters. The zero-order valence-electron chi connectivity index (χ0n) is 25.6. The molecule has 2 amide bonds. The molecule has 0 aliphatic rings. The Morgan fingerprint density at radius 1 is 0.884 bits per heavy atom. The number of methoxy groups -OCH3 is 1. The van der Waals surface area contributed by atoms with Gasteiger partial charge in [0.25, 0.3) is 5.91 Å². The van der Waals surface area contributed by atoms with Crippen molar-refractivity contribution in [1.82, 2.24) is 10.2 Å². The summed E-state index contributed by atoms with van der Waals surface area (Å²) in [7, 11) is 1.61. The van der Waals surface area contributed by atoms with Crippen LogP contribution in [0.4, 0.5) is 0 Å². The summed E-state index contributed by atoms with van der Waals surface area (Å²) in [6.45, 7) is 7.88. The molecule has 0 spiro atoms. The molecule has 9 heteroatoms.